The van der Waals surface area contributed by atoms with Crippen LogP contribution in [0.15, 0.2) is 42.9 Å². The van der Waals surface area contributed by atoms with Crippen molar-refractivity contribution < 1.29 is 0 Å². The molecule has 0 radical (unpaired) electrons. The number of aryl methyl sites for hydroxylation is 1. The molecule has 0 spiro atoms. The molecule has 1 N–H and O–H groups in total. The minimum Gasteiger partial charge on any atom is -0.313 e. The molecule has 1 unspecified atom stereocenters. The second kappa shape index (κ2) is 8.53. The van der Waals surface area contributed by atoms with Gasteiger partial charge in [0, 0.05) is 36.7 Å². The molecule has 0 aliphatic heterocycles. The lowest BCUT2D eigenvalue weighted by Crippen LogP contribution is -2.34. The van der Waals surface area contributed by atoms with Crippen LogP contribution < -0.4 is 5.32 Å². The number of nitrogens with zero attached hydrogens (tertiary/aromatic N) is 2. The Hall–Kier alpha value is -1.74. The molecule has 3 nitrogen and oxygen atoms in total. The first-order valence-electron chi connectivity index (χ1n) is 7.88. The van der Waals surface area contributed by atoms with Crippen molar-refractivity contribution in [3.05, 3.63) is 59.7 Å². The van der Waals surface area contributed by atoms with Gasteiger partial charge in [-0.3, -0.25) is 9.97 Å². The molecule has 0 aromatic carbocycles. The minimum absolute atomic E-state index is 0.423. The van der Waals surface area contributed by atoms with Gasteiger partial charge in [-0.05, 0) is 55.1 Å². The largest absolute Gasteiger partial charge is 0.313 e. The number of rotatable bonds is 8. The average Bonchev–Trinajstić information content (AvgIpc) is 2.54. The smallest absolute Gasteiger partial charge is 0.0419 e. The average molecular weight is 283 g/mol. The van der Waals surface area contributed by atoms with Crippen molar-refractivity contribution in [3.63, 3.8) is 0 Å². The SMILES string of the molecule is CCCNC(Cc1ccncc1)Cc1ccc(CC)cn1. The van der Waals surface area contributed by atoms with E-state index in [1.54, 1.807) is 0 Å². The Labute approximate surface area is 127 Å². The maximum absolute atomic E-state index is 4.59. The van der Waals surface area contributed by atoms with Gasteiger partial charge in [-0.25, -0.2) is 0 Å². The summed E-state index contributed by atoms with van der Waals surface area (Å²) in [7, 11) is 0. The zero-order valence-electron chi connectivity index (χ0n) is 13.0. The summed E-state index contributed by atoms with van der Waals surface area (Å²) >= 11 is 0. The van der Waals surface area contributed by atoms with Crippen LogP contribution in [0.4, 0.5) is 0 Å². The minimum atomic E-state index is 0.423. The van der Waals surface area contributed by atoms with Gasteiger partial charge >= 0.3 is 0 Å². The Kier molecular flexibility index (Phi) is 6.35. The number of pyridine rings is 2. The van der Waals surface area contributed by atoms with Crippen molar-refractivity contribution in [3.8, 4) is 0 Å². The maximum Gasteiger partial charge on any atom is 0.0419 e. The molecule has 2 aromatic rings. The van der Waals surface area contributed by atoms with Crippen LogP contribution in [-0.4, -0.2) is 22.6 Å². The Morgan fingerprint density at radius 1 is 1.00 bits per heavy atom. The molecule has 112 valence electrons. The first kappa shape index (κ1) is 15.6. The molecule has 2 heterocycles. The lowest BCUT2D eigenvalue weighted by Gasteiger charge is -2.18. The first-order valence-corrected chi connectivity index (χ1v) is 7.88. The molecule has 2 aromatic heterocycles. The van der Waals surface area contributed by atoms with Crippen LogP contribution in [0.5, 0.6) is 0 Å². The third kappa shape index (κ3) is 5.27. The van der Waals surface area contributed by atoms with E-state index in [1.807, 2.05) is 18.6 Å². The highest BCUT2D eigenvalue weighted by Gasteiger charge is 2.10. The third-order valence-corrected chi connectivity index (χ3v) is 3.66. The van der Waals surface area contributed by atoms with Crippen molar-refractivity contribution in [2.45, 2.75) is 45.6 Å². The van der Waals surface area contributed by atoms with Gasteiger partial charge in [-0.1, -0.05) is 19.9 Å². The number of hydrogen-bond donors (Lipinski definition) is 1. The van der Waals surface area contributed by atoms with Crippen LogP contribution in [0.2, 0.25) is 0 Å². The predicted octanol–water partition coefficient (Wildman–Crippen LogP) is 3.19. The molecule has 0 aliphatic carbocycles. The van der Waals surface area contributed by atoms with Gasteiger partial charge in [0.25, 0.3) is 0 Å². The molecule has 0 saturated carbocycles. The van der Waals surface area contributed by atoms with E-state index in [4.69, 9.17) is 0 Å². The lowest BCUT2D eigenvalue weighted by molar-refractivity contribution is 0.500. The number of aromatic nitrogens is 2. The van der Waals surface area contributed by atoms with Gasteiger partial charge in [0.2, 0.25) is 0 Å². The lowest BCUT2D eigenvalue weighted by atomic mass is 10.0. The summed E-state index contributed by atoms with van der Waals surface area (Å²) in [6.45, 7) is 5.40. The van der Waals surface area contributed by atoms with Crippen LogP contribution in [0.1, 0.15) is 37.1 Å². The topological polar surface area (TPSA) is 37.8 Å². The van der Waals surface area contributed by atoms with E-state index in [9.17, 15) is 0 Å². The maximum atomic E-state index is 4.59. The summed E-state index contributed by atoms with van der Waals surface area (Å²) in [5, 5.41) is 3.63. The molecular formula is C18H25N3. The van der Waals surface area contributed by atoms with Gasteiger partial charge in [0.1, 0.15) is 0 Å². The molecule has 0 aliphatic rings. The molecule has 3 heteroatoms. The molecule has 21 heavy (non-hydrogen) atoms. The second-order valence-corrected chi connectivity index (χ2v) is 5.43. The van der Waals surface area contributed by atoms with E-state index < -0.39 is 0 Å². The monoisotopic (exact) mass is 283 g/mol. The highest BCUT2D eigenvalue weighted by molar-refractivity contribution is 5.16. The van der Waals surface area contributed by atoms with Gasteiger partial charge in [-0.2, -0.15) is 0 Å². The van der Waals surface area contributed by atoms with E-state index in [1.165, 1.54) is 11.1 Å². The predicted molar refractivity (Wildman–Crippen MR) is 87.3 cm³/mol. The highest BCUT2D eigenvalue weighted by atomic mass is 14.9. The van der Waals surface area contributed by atoms with Crippen molar-refractivity contribution in [1.82, 2.24) is 15.3 Å². The molecule has 0 fully saturated rings. The summed E-state index contributed by atoms with van der Waals surface area (Å²) in [5.74, 6) is 0. The van der Waals surface area contributed by atoms with Crippen LogP contribution in [-0.2, 0) is 19.3 Å². The fourth-order valence-corrected chi connectivity index (χ4v) is 2.41. The van der Waals surface area contributed by atoms with Gasteiger partial charge in [0.15, 0.2) is 0 Å². The van der Waals surface area contributed by atoms with Gasteiger partial charge in [-0.15, -0.1) is 0 Å². The summed E-state index contributed by atoms with van der Waals surface area (Å²) in [6.07, 6.45) is 9.89. The molecule has 0 amide bonds. The molecule has 2 rings (SSSR count). The fourth-order valence-electron chi connectivity index (χ4n) is 2.41. The van der Waals surface area contributed by atoms with Crippen molar-refractivity contribution in [2.24, 2.45) is 0 Å². The van der Waals surface area contributed by atoms with Crippen LogP contribution in [0, 0.1) is 0 Å². The Morgan fingerprint density at radius 3 is 2.43 bits per heavy atom. The first-order chi connectivity index (χ1) is 10.3. The zero-order chi connectivity index (χ0) is 14.9. The zero-order valence-corrected chi connectivity index (χ0v) is 13.0. The van der Waals surface area contributed by atoms with Crippen LogP contribution in [0.25, 0.3) is 0 Å². The van der Waals surface area contributed by atoms with Crippen LogP contribution >= 0.6 is 0 Å². The van der Waals surface area contributed by atoms with Gasteiger partial charge < -0.3 is 5.32 Å². The normalized spacial score (nSPS) is 12.3. The Balaban J connectivity index is 2.00. The Morgan fingerprint density at radius 2 is 1.81 bits per heavy atom. The standard InChI is InChI=1S/C18H25N3/c1-3-9-20-18(12-16-7-10-19-11-8-16)13-17-6-5-15(4-2)14-21-17/h5-8,10-11,14,18,20H,3-4,9,12-13H2,1-2H3. The summed E-state index contributed by atoms with van der Waals surface area (Å²) in [4.78, 5) is 8.67. The number of hydrogen-bond acceptors (Lipinski definition) is 3. The van der Waals surface area contributed by atoms with E-state index in [-0.39, 0.29) is 0 Å². The number of nitrogens with one attached hydrogen (secondary N) is 1. The summed E-state index contributed by atoms with van der Waals surface area (Å²) < 4.78 is 0. The molecule has 1 atom stereocenters. The quantitative estimate of drug-likeness (QED) is 0.808. The molecule has 0 saturated heterocycles. The summed E-state index contributed by atoms with van der Waals surface area (Å²) in [5.41, 5.74) is 3.78. The van der Waals surface area contributed by atoms with Crippen molar-refractivity contribution >= 4 is 0 Å². The summed E-state index contributed by atoms with van der Waals surface area (Å²) in [6, 6.07) is 8.95. The Bertz CT molecular complexity index is 508. The fraction of sp³-hybridized carbons (Fsp3) is 0.444. The van der Waals surface area contributed by atoms with Crippen molar-refractivity contribution in [1.29, 1.82) is 0 Å². The van der Waals surface area contributed by atoms with E-state index in [2.05, 4.69) is 53.4 Å². The van der Waals surface area contributed by atoms with Gasteiger partial charge in [0.05, 0.1) is 0 Å². The third-order valence-electron chi connectivity index (χ3n) is 3.66. The van der Waals surface area contributed by atoms with E-state index >= 15 is 0 Å². The second-order valence-electron chi connectivity index (χ2n) is 5.43. The van der Waals surface area contributed by atoms with E-state index in [0.29, 0.717) is 6.04 Å². The van der Waals surface area contributed by atoms with E-state index in [0.717, 1.165) is 37.9 Å². The highest BCUT2D eigenvalue weighted by Crippen LogP contribution is 2.08. The molecule has 0 bridgehead atoms. The molecular weight excluding hydrogens is 258 g/mol. The van der Waals surface area contributed by atoms with Crippen LogP contribution in [0.3, 0.4) is 0 Å². The van der Waals surface area contributed by atoms with Crippen molar-refractivity contribution in [2.75, 3.05) is 6.54 Å².